The summed E-state index contributed by atoms with van der Waals surface area (Å²) in [6.45, 7) is 4.43. The maximum Gasteiger partial charge on any atom is 0.306 e. The molecule has 132 valence electrons. The van der Waals surface area contributed by atoms with Crippen molar-refractivity contribution in [3.63, 3.8) is 0 Å². The van der Waals surface area contributed by atoms with Crippen LogP contribution in [0.3, 0.4) is 0 Å². The van der Waals surface area contributed by atoms with Crippen LogP contribution in [0.15, 0.2) is 0 Å². The molecule has 1 atom stereocenters. The van der Waals surface area contributed by atoms with Gasteiger partial charge in [0.2, 0.25) is 0 Å². The van der Waals surface area contributed by atoms with Crippen LogP contribution in [0.2, 0.25) is 0 Å². The number of alkyl halides is 1. The lowest BCUT2D eigenvalue weighted by Crippen LogP contribution is -2.18. The smallest absolute Gasteiger partial charge is 0.306 e. The maximum atomic E-state index is 12.0. The van der Waals surface area contributed by atoms with Crippen LogP contribution in [0.1, 0.15) is 104 Å². The fourth-order valence-electron chi connectivity index (χ4n) is 2.63. The van der Waals surface area contributed by atoms with Gasteiger partial charge >= 0.3 is 5.97 Å². The van der Waals surface area contributed by atoms with Crippen LogP contribution in [0.5, 0.6) is 0 Å². The summed E-state index contributed by atoms with van der Waals surface area (Å²) in [7, 11) is 0. The molecule has 0 fully saturated rings. The molecule has 0 rings (SSSR count). The van der Waals surface area contributed by atoms with Crippen molar-refractivity contribution < 1.29 is 9.53 Å². The molecule has 0 spiro atoms. The average molecular weight is 377 g/mol. The minimum atomic E-state index is 0.0251. The minimum absolute atomic E-state index is 0.0251. The molecular weight excluding hydrogens is 340 g/mol. The summed E-state index contributed by atoms with van der Waals surface area (Å²) < 4.78 is 5.71. The second-order valence-corrected chi connectivity index (χ2v) is 7.10. The molecule has 0 saturated heterocycles. The number of ether oxygens (including phenoxy) is 1. The topological polar surface area (TPSA) is 26.3 Å². The Kier molecular flexibility index (Phi) is 17.3. The van der Waals surface area contributed by atoms with Crippen LogP contribution in [0, 0.1) is 0 Å². The molecular formula is C19H37BrO2. The molecule has 0 N–H and O–H groups in total. The van der Waals surface area contributed by atoms with Crippen molar-refractivity contribution in [3.05, 3.63) is 0 Å². The van der Waals surface area contributed by atoms with E-state index in [9.17, 15) is 4.79 Å². The highest BCUT2D eigenvalue weighted by Crippen LogP contribution is 2.16. The minimum Gasteiger partial charge on any atom is -0.462 e. The molecule has 0 aliphatic rings. The zero-order valence-electron chi connectivity index (χ0n) is 14.9. The van der Waals surface area contributed by atoms with Crippen molar-refractivity contribution in [2.24, 2.45) is 0 Å². The Hall–Kier alpha value is -0.0500. The molecule has 0 aliphatic heterocycles. The molecule has 0 aliphatic carbocycles. The first-order valence-corrected chi connectivity index (χ1v) is 10.6. The van der Waals surface area contributed by atoms with E-state index in [1.165, 1.54) is 51.4 Å². The van der Waals surface area contributed by atoms with E-state index < -0.39 is 0 Å². The quantitative estimate of drug-likeness (QED) is 0.168. The Labute approximate surface area is 146 Å². The first kappa shape index (κ1) is 21.9. The zero-order valence-corrected chi connectivity index (χ0v) is 16.5. The van der Waals surface area contributed by atoms with Gasteiger partial charge in [0.1, 0.15) is 6.10 Å². The predicted octanol–water partition coefficient (Wildman–Crippen LogP) is 6.79. The van der Waals surface area contributed by atoms with Crippen LogP contribution in [0.25, 0.3) is 0 Å². The average Bonchev–Trinajstić information content (AvgIpc) is 2.52. The SMILES string of the molecule is CCCCCCC(CCCC)OC(=O)CCCCCCCBr. The third kappa shape index (κ3) is 14.9. The summed E-state index contributed by atoms with van der Waals surface area (Å²) in [5, 5.41) is 1.09. The second-order valence-electron chi connectivity index (χ2n) is 6.31. The molecule has 0 amide bonds. The lowest BCUT2D eigenvalue weighted by atomic mass is 10.0. The second kappa shape index (κ2) is 17.3. The van der Waals surface area contributed by atoms with Crippen molar-refractivity contribution in [2.45, 2.75) is 110 Å². The van der Waals surface area contributed by atoms with E-state index in [-0.39, 0.29) is 12.1 Å². The van der Waals surface area contributed by atoms with Crippen LogP contribution >= 0.6 is 15.9 Å². The van der Waals surface area contributed by atoms with Gasteiger partial charge in [0, 0.05) is 11.8 Å². The zero-order chi connectivity index (χ0) is 16.5. The third-order valence-electron chi connectivity index (χ3n) is 4.07. The third-order valence-corrected chi connectivity index (χ3v) is 4.63. The number of carbonyl (C=O) groups is 1. The lowest BCUT2D eigenvalue weighted by molar-refractivity contribution is -0.150. The fraction of sp³-hybridized carbons (Fsp3) is 0.947. The van der Waals surface area contributed by atoms with E-state index in [4.69, 9.17) is 4.74 Å². The van der Waals surface area contributed by atoms with Gasteiger partial charge in [-0.3, -0.25) is 4.79 Å². The van der Waals surface area contributed by atoms with E-state index in [1.54, 1.807) is 0 Å². The summed E-state index contributed by atoms with van der Waals surface area (Å²) in [6.07, 6.45) is 16.1. The molecule has 0 bridgehead atoms. The number of hydrogen-bond acceptors (Lipinski definition) is 2. The van der Waals surface area contributed by atoms with Gasteiger partial charge in [-0.25, -0.2) is 0 Å². The molecule has 0 aromatic heterocycles. The molecule has 3 heteroatoms. The number of hydrogen-bond donors (Lipinski definition) is 0. The normalized spacial score (nSPS) is 12.3. The molecule has 22 heavy (non-hydrogen) atoms. The lowest BCUT2D eigenvalue weighted by Gasteiger charge is -2.17. The van der Waals surface area contributed by atoms with Crippen molar-refractivity contribution in [2.75, 3.05) is 5.33 Å². The Bertz CT molecular complexity index is 244. The number of halogens is 1. The first-order chi connectivity index (χ1) is 10.7. The summed E-state index contributed by atoms with van der Waals surface area (Å²) in [4.78, 5) is 12.0. The van der Waals surface area contributed by atoms with Crippen molar-refractivity contribution in [3.8, 4) is 0 Å². The maximum absolute atomic E-state index is 12.0. The largest absolute Gasteiger partial charge is 0.462 e. The molecule has 0 aromatic carbocycles. The molecule has 1 unspecified atom stereocenters. The van der Waals surface area contributed by atoms with E-state index in [1.807, 2.05) is 0 Å². The van der Waals surface area contributed by atoms with Crippen LogP contribution in [-0.2, 0) is 9.53 Å². The van der Waals surface area contributed by atoms with Crippen molar-refractivity contribution in [1.29, 1.82) is 0 Å². The standard InChI is InChI=1S/C19H37BrO2/c1-3-5-7-11-15-18(14-6-4-2)22-19(21)16-12-9-8-10-13-17-20/h18H,3-17H2,1-2H3. The van der Waals surface area contributed by atoms with E-state index in [2.05, 4.69) is 29.8 Å². The Morgan fingerprint density at radius 2 is 1.41 bits per heavy atom. The molecule has 2 nitrogen and oxygen atoms in total. The van der Waals surface area contributed by atoms with Gasteiger partial charge in [-0.2, -0.15) is 0 Å². The summed E-state index contributed by atoms with van der Waals surface area (Å²) in [5.74, 6) is 0.0251. The van der Waals surface area contributed by atoms with E-state index in [0.717, 1.165) is 37.4 Å². The number of unbranched alkanes of at least 4 members (excludes halogenated alkanes) is 8. The van der Waals surface area contributed by atoms with Crippen LogP contribution < -0.4 is 0 Å². The van der Waals surface area contributed by atoms with Crippen LogP contribution in [-0.4, -0.2) is 17.4 Å². The van der Waals surface area contributed by atoms with Gasteiger partial charge in [0.25, 0.3) is 0 Å². The Balaban J connectivity index is 3.78. The van der Waals surface area contributed by atoms with Crippen molar-refractivity contribution in [1.82, 2.24) is 0 Å². The summed E-state index contributed by atoms with van der Waals surface area (Å²) in [6, 6.07) is 0. The molecule has 0 aromatic rings. The summed E-state index contributed by atoms with van der Waals surface area (Å²) in [5.41, 5.74) is 0. The van der Waals surface area contributed by atoms with Gasteiger partial charge in [0.15, 0.2) is 0 Å². The van der Waals surface area contributed by atoms with Gasteiger partial charge in [0.05, 0.1) is 0 Å². The highest BCUT2D eigenvalue weighted by Gasteiger charge is 2.13. The van der Waals surface area contributed by atoms with Crippen molar-refractivity contribution >= 4 is 21.9 Å². The van der Waals surface area contributed by atoms with Gasteiger partial charge in [-0.15, -0.1) is 0 Å². The highest BCUT2D eigenvalue weighted by atomic mass is 79.9. The predicted molar refractivity (Wildman–Crippen MR) is 99.7 cm³/mol. The monoisotopic (exact) mass is 376 g/mol. The number of carbonyl (C=O) groups excluding carboxylic acids is 1. The first-order valence-electron chi connectivity index (χ1n) is 9.50. The molecule has 0 saturated carbocycles. The van der Waals surface area contributed by atoms with Gasteiger partial charge in [-0.05, 0) is 32.1 Å². The summed E-state index contributed by atoms with van der Waals surface area (Å²) >= 11 is 3.45. The molecule has 0 radical (unpaired) electrons. The van der Waals surface area contributed by atoms with E-state index >= 15 is 0 Å². The van der Waals surface area contributed by atoms with Gasteiger partial charge in [-0.1, -0.05) is 81.1 Å². The Morgan fingerprint density at radius 1 is 0.818 bits per heavy atom. The fourth-order valence-corrected chi connectivity index (χ4v) is 3.03. The number of esters is 1. The molecule has 0 heterocycles. The van der Waals surface area contributed by atoms with E-state index in [0.29, 0.717) is 6.42 Å². The Morgan fingerprint density at radius 3 is 2.09 bits per heavy atom. The van der Waals surface area contributed by atoms with Gasteiger partial charge < -0.3 is 4.74 Å². The highest BCUT2D eigenvalue weighted by molar-refractivity contribution is 9.09. The van der Waals surface area contributed by atoms with Crippen LogP contribution in [0.4, 0.5) is 0 Å². The number of rotatable bonds is 16.